The molecule has 1 N–H and O–H groups in total. The number of aliphatic hydroxyl groups is 1. The lowest BCUT2D eigenvalue weighted by Gasteiger charge is -2.02. The third kappa shape index (κ3) is 4.69. The molecule has 0 atom stereocenters. The van der Waals surface area contributed by atoms with E-state index in [0.29, 0.717) is 0 Å². The molecule has 0 saturated carbocycles. The molecular weight excluding hydrogens is 160 g/mol. The van der Waals surface area contributed by atoms with Gasteiger partial charge in [0.2, 0.25) is 0 Å². The van der Waals surface area contributed by atoms with Crippen molar-refractivity contribution in [2.75, 3.05) is 6.61 Å². The Kier molecular flexibility index (Phi) is 5.27. The van der Waals surface area contributed by atoms with E-state index in [4.69, 9.17) is 5.11 Å². The molecule has 1 nitrogen and oxygen atoms in total. The van der Waals surface area contributed by atoms with Gasteiger partial charge in [-0.05, 0) is 32.1 Å². The van der Waals surface area contributed by atoms with Crippen LogP contribution in [0.15, 0.2) is 36.0 Å². The standard InChI is InChI=1S/C12H18O/c13-11-10-12-8-6-4-2-1-3-5-7-9-12/h2,4-5,7-8,13H,1,3,6,9-11H2/b4-2+,7-5-,12-8+. The van der Waals surface area contributed by atoms with E-state index in [2.05, 4.69) is 30.4 Å². The SMILES string of the molecule is OCC/C1=C/C/C=C/CC/C=C\C1. The summed E-state index contributed by atoms with van der Waals surface area (Å²) in [5, 5.41) is 8.82. The number of hydrogen-bond donors (Lipinski definition) is 1. The molecule has 1 aliphatic rings. The summed E-state index contributed by atoms with van der Waals surface area (Å²) in [6.45, 7) is 0.267. The van der Waals surface area contributed by atoms with Crippen molar-refractivity contribution in [1.29, 1.82) is 0 Å². The fraction of sp³-hybridized carbons (Fsp3) is 0.500. The van der Waals surface area contributed by atoms with E-state index < -0.39 is 0 Å². The van der Waals surface area contributed by atoms with Gasteiger partial charge in [0.1, 0.15) is 0 Å². The summed E-state index contributed by atoms with van der Waals surface area (Å²) in [7, 11) is 0. The average Bonchev–Trinajstić information content (AvgIpc) is 2.16. The van der Waals surface area contributed by atoms with Crippen LogP contribution in [-0.2, 0) is 0 Å². The molecule has 0 aliphatic heterocycles. The summed E-state index contributed by atoms with van der Waals surface area (Å²) in [6, 6.07) is 0. The lowest BCUT2D eigenvalue weighted by Crippen LogP contribution is -1.88. The second-order valence-electron chi connectivity index (χ2n) is 3.30. The molecule has 1 rings (SSSR count). The molecule has 0 saturated heterocycles. The predicted octanol–water partition coefficient (Wildman–Crippen LogP) is 2.98. The highest BCUT2D eigenvalue weighted by Crippen LogP contribution is 2.11. The van der Waals surface area contributed by atoms with Crippen molar-refractivity contribution in [2.24, 2.45) is 0 Å². The van der Waals surface area contributed by atoms with Crippen molar-refractivity contribution in [3.05, 3.63) is 36.0 Å². The minimum absolute atomic E-state index is 0.267. The van der Waals surface area contributed by atoms with Gasteiger partial charge in [-0.1, -0.05) is 36.0 Å². The highest BCUT2D eigenvalue weighted by molar-refractivity contribution is 5.10. The van der Waals surface area contributed by atoms with Gasteiger partial charge in [0.05, 0.1) is 0 Å². The topological polar surface area (TPSA) is 20.2 Å². The number of hydrogen-bond acceptors (Lipinski definition) is 1. The van der Waals surface area contributed by atoms with Crippen molar-refractivity contribution in [2.45, 2.75) is 32.1 Å². The molecule has 0 heterocycles. The molecule has 72 valence electrons. The summed E-state index contributed by atoms with van der Waals surface area (Å²) in [4.78, 5) is 0. The van der Waals surface area contributed by atoms with Crippen LogP contribution in [-0.4, -0.2) is 11.7 Å². The molecular formula is C12H18O. The van der Waals surface area contributed by atoms with Crippen LogP contribution in [0.3, 0.4) is 0 Å². The van der Waals surface area contributed by atoms with Crippen LogP contribution in [0.1, 0.15) is 32.1 Å². The molecule has 0 fully saturated rings. The van der Waals surface area contributed by atoms with Gasteiger partial charge in [-0.3, -0.25) is 0 Å². The van der Waals surface area contributed by atoms with Crippen LogP contribution in [0.2, 0.25) is 0 Å². The maximum atomic E-state index is 8.82. The molecule has 0 spiro atoms. The average molecular weight is 178 g/mol. The predicted molar refractivity (Wildman–Crippen MR) is 56.5 cm³/mol. The van der Waals surface area contributed by atoms with Crippen LogP contribution in [0, 0.1) is 0 Å². The van der Waals surface area contributed by atoms with Gasteiger partial charge in [-0.2, -0.15) is 0 Å². The zero-order valence-corrected chi connectivity index (χ0v) is 8.08. The number of allylic oxidation sites excluding steroid dienone is 5. The molecule has 0 aromatic carbocycles. The first kappa shape index (κ1) is 10.3. The van der Waals surface area contributed by atoms with Gasteiger partial charge in [0.25, 0.3) is 0 Å². The first-order valence-corrected chi connectivity index (χ1v) is 5.02. The minimum atomic E-state index is 0.267. The largest absolute Gasteiger partial charge is 0.396 e. The molecule has 0 amide bonds. The molecule has 0 radical (unpaired) electrons. The maximum Gasteiger partial charge on any atom is 0.0468 e. The van der Waals surface area contributed by atoms with E-state index in [1.54, 1.807) is 0 Å². The number of aliphatic hydroxyl groups excluding tert-OH is 1. The Bertz CT molecular complexity index is 211. The Labute approximate surface area is 80.5 Å². The number of rotatable bonds is 2. The quantitative estimate of drug-likeness (QED) is 0.644. The third-order valence-corrected chi connectivity index (χ3v) is 2.19. The van der Waals surface area contributed by atoms with E-state index in [-0.39, 0.29) is 6.61 Å². The Morgan fingerprint density at radius 2 is 1.85 bits per heavy atom. The first-order chi connectivity index (χ1) is 6.43. The monoisotopic (exact) mass is 178 g/mol. The Hall–Kier alpha value is -0.820. The second kappa shape index (κ2) is 6.67. The lowest BCUT2D eigenvalue weighted by molar-refractivity contribution is 0.298. The molecule has 1 aliphatic carbocycles. The maximum absolute atomic E-state index is 8.82. The summed E-state index contributed by atoms with van der Waals surface area (Å²) in [5.74, 6) is 0. The minimum Gasteiger partial charge on any atom is -0.396 e. The smallest absolute Gasteiger partial charge is 0.0468 e. The molecule has 0 aromatic heterocycles. The van der Waals surface area contributed by atoms with Crippen LogP contribution in [0.25, 0.3) is 0 Å². The zero-order valence-electron chi connectivity index (χ0n) is 8.08. The normalized spacial score (nSPS) is 27.3. The Morgan fingerprint density at radius 3 is 2.62 bits per heavy atom. The summed E-state index contributed by atoms with van der Waals surface area (Å²) in [6.07, 6.45) is 16.2. The van der Waals surface area contributed by atoms with Crippen LogP contribution < -0.4 is 0 Å². The van der Waals surface area contributed by atoms with Gasteiger partial charge in [-0.25, -0.2) is 0 Å². The molecule has 1 heteroatoms. The van der Waals surface area contributed by atoms with Crippen molar-refractivity contribution in [1.82, 2.24) is 0 Å². The highest BCUT2D eigenvalue weighted by Gasteiger charge is 1.93. The summed E-state index contributed by atoms with van der Waals surface area (Å²) >= 11 is 0. The first-order valence-electron chi connectivity index (χ1n) is 5.02. The van der Waals surface area contributed by atoms with E-state index in [1.807, 2.05) is 0 Å². The fourth-order valence-corrected chi connectivity index (χ4v) is 1.42. The molecule has 13 heavy (non-hydrogen) atoms. The fourth-order valence-electron chi connectivity index (χ4n) is 1.42. The van der Waals surface area contributed by atoms with Gasteiger partial charge >= 0.3 is 0 Å². The van der Waals surface area contributed by atoms with E-state index >= 15 is 0 Å². The van der Waals surface area contributed by atoms with Gasteiger partial charge in [0, 0.05) is 6.61 Å². The molecule has 0 aromatic rings. The van der Waals surface area contributed by atoms with Crippen LogP contribution in [0.4, 0.5) is 0 Å². The lowest BCUT2D eigenvalue weighted by atomic mass is 10.1. The van der Waals surface area contributed by atoms with Crippen molar-refractivity contribution in [3.8, 4) is 0 Å². The van der Waals surface area contributed by atoms with Crippen molar-refractivity contribution < 1.29 is 5.11 Å². The van der Waals surface area contributed by atoms with Gasteiger partial charge in [0.15, 0.2) is 0 Å². The van der Waals surface area contributed by atoms with Crippen LogP contribution in [0.5, 0.6) is 0 Å². The van der Waals surface area contributed by atoms with Crippen molar-refractivity contribution >= 4 is 0 Å². The second-order valence-corrected chi connectivity index (χ2v) is 3.30. The highest BCUT2D eigenvalue weighted by atomic mass is 16.2. The summed E-state index contributed by atoms with van der Waals surface area (Å²) < 4.78 is 0. The Balaban J connectivity index is 2.52. The van der Waals surface area contributed by atoms with Gasteiger partial charge < -0.3 is 5.11 Å². The summed E-state index contributed by atoms with van der Waals surface area (Å²) in [5.41, 5.74) is 1.35. The van der Waals surface area contributed by atoms with E-state index in [0.717, 1.165) is 32.1 Å². The third-order valence-electron chi connectivity index (χ3n) is 2.19. The molecule has 0 bridgehead atoms. The van der Waals surface area contributed by atoms with Gasteiger partial charge in [-0.15, -0.1) is 0 Å². The molecule has 0 unspecified atom stereocenters. The zero-order chi connectivity index (χ0) is 9.36. The van der Waals surface area contributed by atoms with E-state index in [1.165, 1.54) is 5.57 Å². The van der Waals surface area contributed by atoms with Crippen molar-refractivity contribution in [3.63, 3.8) is 0 Å². The van der Waals surface area contributed by atoms with E-state index in [9.17, 15) is 0 Å². The Morgan fingerprint density at radius 1 is 1.08 bits per heavy atom. The van der Waals surface area contributed by atoms with Crippen LogP contribution >= 0.6 is 0 Å².